The van der Waals surface area contributed by atoms with Gasteiger partial charge in [-0.05, 0) is 62.4 Å². The van der Waals surface area contributed by atoms with Crippen LogP contribution in [0, 0.1) is 6.92 Å². The first-order valence-electron chi connectivity index (χ1n) is 8.55. The van der Waals surface area contributed by atoms with Crippen molar-refractivity contribution in [2.24, 2.45) is 5.73 Å². The summed E-state index contributed by atoms with van der Waals surface area (Å²) in [7, 11) is 0. The fourth-order valence-corrected chi connectivity index (χ4v) is 3.02. The van der Waals surface area contributed by atoms with E-state index in [1.54, 1.807) is 24.3 Å². The number of hydrogen-bond acceptors (Lipinski definition) is 4. The Hall–Kier alpha value is -2.60. The molecule has 0 unspecified atom stereocenters. The van der Waals surface area contributed by atoms with Gasteiger partial charge in [-0.15, -0.1) is 0 Å². The van der Waals surface area contributed by atoms with E-state index in [1.807, 2.05) is 13.0 Å². The number of aryl methyl sites for hydroxylation is 1. The predicted molar refractivity (Wildman–Crippen MR) is 95.5 cm³/mol. The highest BCUT2D eigenvalue weighted by Crippen LogP contribution is 2.20. The lowest BCUT2D eigenvalue weighted by molar-refractivity contribution is 0.0924. The molecule has 3 rings (SSSR count). The van der Waals surface area contributed by atoms with Gasteiger partial charge in [0, 0.05) is 23.3 Å². The van der Waals surface area contributed by atoms with Gasteiger partial charge in [-0.1, -0.05) is 6.07 Å². The molecule has 0 bridgehead atoms. The van der Waals surface area contributed by atoms with Crippen LogP contribution < -0.4 is 16.4 Å². The lowest BCUT2D eigenvalue weighted by Crippen LogP contribution is -2.40. The number of nitrogens with one attached hydrogen (secondary N) is 2. The molecular weight excluding hydrogens is 318 g/mol. The molecule has 1 heterocycles. The quantitative estimate of drug-likeness (QED) is 0.796. The van der Waals surface area contributed by atoms with E-state index in [0.717, 1.165) is 31.2 Å². The predicted octanol–water partition coefficient (Wildman–Crippen LogP) is 2.84. The van der Waals surface area contributed by atoms with Gasteiger partial charge in [0.25, 0.3) is 11.8 Å². The SMILES string of the molecule is Cc1ccc(C(=O)NC2CCC(N)CC2)cc1NC(=O)c1ccco1. The summed E-state index contributed by atoms with van der Waals surface area (Å²) >= 11 is 0. The van der Waals surface area contributed by atoms with Crippen LogP contribution in [0.1, 0.15) is 52.2 Å². The zero-order chi connectivity index (χ0) is 17.8. The monoisotopic (exact) mass is 341 g/mol. The molecule has 1 saturated carbocycles. The summed E-state index contributed by atoms with van der Waals surface area (Å²) < 4.78 is 5.09. The molecule has 0 saturated heterocycles. The smallest absolute Gasteiger partial charge is 0.291 e. The minimum Gasteiger partial charge on any atom is -0.459 e. The summed E-state index contributed by atoms with van der Waals surface area (Å²) in [6.45, 7) is 1.88. The van der Waals surface area contributed by atoms with Crippen molar-refractivity contribution in [3.05, 3.63) is 53.5 Å². The van der Waals surface area contributed by atoms with Crippen LogP contribution in [0.5, 0.6) is 0 Å². The van der Waals surface area contributed by atoms with E-state index in [-0.39, 0.29) is 29.7 Å². The van der Waals surface area contributed by atoms with Crippen molar-refractivity contribution in [3.63, 3.8) is 0 Å². The zero-order valence-electron chi connectivity index (χ0n) is 14.2. The second-order valence-electron chi connectivity index (χ2n) is 6.55. The summed E-state index contributed by atoms with van der Waals surface area (Å²) in [5.41, 5.74) is 7.90. The minimum atomic E-state index is -0.341. The molecule has 1 aromatic carbocycles. The standard InChI is InChI=1S/C19H23N3O3/c1-12-4-5-13(18(23)21-15-8-6-14(20)7-9-15)11-16(12)22-19(24)17-3-2-10-25-17/h2-5,10-11,14-15H,6-9,20H2,1H3,(H,21,23)(H,22,24). The summed E-state index contributed by atoms with van der Waals surface area (Å²) in [6.07, 6.45) is 5.12. The van der Waals surface area contributed by atoms with E-state index in [2.05, 4.69) is 10.6 Å². The molecule has 1 aliphatic rings. The fourth-order valence-electron chi connectivity index (χ4n) is 3.02. The summed E-state index contributed by atoms with van der Waals surface area (Å²) in [5, 5.41) is 5.85. The van der Waals surface area contributed by atoms with Crippen molar-refractivity contribution in [2.45, 2.75) is 44.7 Å². The third-order valence-corrected chi connectivity index (χ3v) is 4.60. The number of nitrogens with two attached hydrogens (primary N) is 1. The van der Waals surface area contributed by atoms with Crippen LogP contribution in [0.2, 0.25) is 0 Å². The third kappa shape index (κ3) is 4.28. The van der Waals surface area contributed by atoms with Crippen molar-refractivity contribution < 1.29 is 14.0 Å². The topological polar surface area (TPSA) is 97.4 Å². The Kier molecular flexibility index (Phi) is 5.19. The Labute approximate surface area is 146 Å². The zero-order valence-corrected chi connectivity index (χ0v) is 14.2. The lowest BCUT2D eigenvalue weighted by atomic mass is 9.91. The number of rotatable bonds is 4. The van der Waals surface area contributed by atoms with Crippen molar-refractivity contribution in [1.82, 2.24) is 5.32 Å². The van der Waals surface area contributed by atoms with Gasteiger partial charge in [-0.25, -0.2) is 0 Å². The Morgan fingerprint density at radius 1 is 1.12 bits per heavy atom. The van der Waals surface area contributed by atoms with E-state index < -0.39 is 0 Å². The van der Waals surface area contributed by atoms with Gasteiger partial charge in [-0.2, -0.15) is 0 Å². The number of carbonyl (C=O) groups excluding carboxylic acids is 2. The van der Waals surface area contributed by atoms with E-state index in [0.29, 0.717) is 11.3 Å². The van der Waals surface area contributed by atoms with Crippen LogP contribution in [0.4, 0.5) is 5.69 Å². The molecular formula is C19H23N3O3. The molecule has 132 valence electrons. The van der Waals surface area contributed by atoms with Crippen molar-refractivity contribution in [1.29, 1.82) is 0 Å². The maximum absolute atomic E-state index is 12.5. The van der Waals surface area contributed by atoms with E-state index in [4.69, 9.17) is 10.2 Å². The summed E-state index contributed by atoms with van der Waals surface area (Å²) in [4.78, 5) is 24.6. The molecule has 0 radical (unpaired) electrons. The van der Waals surface area contributed by atoms with Crippen molar-refractivity contribution in [2.75, 3.05) is 5.32 Å². The molecule has 2 amide bonds. The number of furan rings is 1. The molecule has 0 aliphatic heterocycles. The first-order valence-corrected chi connectivity index (χ1v) is 8.55. The van der Waals surface area contributed by atoms with Gasteiger partial charge < -0.3 is 20.8 Å². The average Bonchev–Trinajstić information content (AvgIpc) is 3.13. The Morgan fingerprint density at radius 2 is 1.88 bits per heavy atom. The van der Waals surface area contributed by atoms with Crippen LogP contribution in [0.15, 0.2) is 41.0 Å². The second-order valence-corrected chi connectivity index (χ2v) is 6.55. The van der Waals surface area contributed by atoms with Gasteiger partial charge >= 0.3 is 0 Å². The molecule has 1 aromatic heterocycles. The van der Waals surface area contributed by atoms with E-state index in [1.165, 1.54) is 6.26 Å². The summed E-state index contributed by atoms with van der Waals surface area (Å²) in [5.74, 6) is -0.242. The largest absolute Gasteiger partial charge is 0.459 e. The Morgan fingerprint density at radius 3 is 2.56 bits per heavy atom. The first-order chi connectivity index (χ1) is 12.0. The Balaban J connectivity index is 1.68. The molecule has 4 N–H and O–H groups in total. The van der Waals surface area contributed by atoms with E-state index in [9.17, 15) is 9.59 Å². The molecule has 1 fully saturated rings. The number of carbonyl (C=O) groups is 2. The number of amides is 2. The average molecular weight is 341 g/mol. The lowest BCUT2D eigenvalue weighted by Gasteiger charge is -2.26. The fraction of sp³-hybridized carbons (Fsp3) is 0.368. The number of hydrogen-bond donors (Lipinski definition) is 3. The van der Waals surface area contributed by atoms with Gasteiger partial charge in [0.05, 0.1) is 6.26 Å². The highest BCUT2D eigenvalue weighted by Gasteiger charge is 2.21. The third-order valence-electron chi connectivity index (χ3n) is 4.60. The highest BCUT2D eigenvalue weighted by molar-refractivity contribution is 6.03. The van der Waals surface area contributed by atoms with Crippen molar-refractivity contribution in [3.8, 4) is 0 Å². The van der Waals surface area contributed by atoms with Gasteiger partial charge in [-0.3, -0.25) is 9.59 Å². The van der Waals surface area contributed by atoms with E-state index >= 15 is 0 Å². The van der Waals surface area contributed by atoms with Gasteiger partial charge in [0.1, 0.15) is 0 Å². The molecule has 2 aromatic rings. The molecule has 6 nitrogen and oxygen atoms in total. The number of anilines is 1. The van der Waals surface area contributed by atoms with Gasteiger partial charge in [0.2, 0.25) is 0 Å². The molecule has 0 atom stereocenters. The first kappa shape index (κ1) is 17.2. The maximum Gasteiger partial charge on any atom is 0.291 e. The molecule has 1 aliphatic carbocycles. The number of benzene rings is 1. The Bertz CT molecular complexity index is 747. The normalized spacial score (nSPS) is 20.1. The molecule has 0 spiro atoms. The maximum atomic E-state index is 12.5. The minimum absolute atomic E-state index is 0.131. The van der Waals surface area contributed by atoms with Crippen LogP contribution in [0.25, 0.3) is 0 Å². The van der Waals surface area contributed by atoms with Crippen LogP contribution >= 0.6 is 0 Å². The molecule has 25 heavy (non-hydrogen) atoms. The van der Waals surface area contributed by atoms with Crippen LogP contribution in [-0.2, 0) is 0 Å². The second kappa shape index (κ2) is 7.53. The van der Waals surface area contributed by atoms with Crippen LogP contribution in [0.3, 0.4) is 0 Å². The summed E-state index contributed by atoms with van der Waals surface area (Å²) in [6, 6.07) is 8.94. The van der Waals surface area contributed by atoms with Gasteiger partial charge in [0.15, 0.2) is 5.76 Å². The molecule has 6 heteroatoms. The van der Waals surface area contributed by atoms with Crippen LogP contribution in [-0.4, -0.2) is 23.9 Å². The van der Waals surface area contributed by atoms with Crippen molar-refractivity contribution >= 4 is 17.5 Å². The highest BCUT2D eigenvalue weighted by atomic mass is 16.3.